The lowest BCUT2D eigenvalue weighted by Gasteiger charge is -2.49. The Morgan fingerprint density at radius 2 is 2.23 bits per heavy atom. The van der Waals surface area contributed by atoms with Crippen molar-refractivity contribution in [3.05, 3.63) is 42.2 Å². The van der Waals surface area contributed by atoms with Gasteiger partial charge in [-0.25, -0.2) is 4.98 Å². The van der Waals surface area contributed by atoms with Crippen molar-refractivity contribution in [3.63, 3.8) is 0 Å². The fourth-order valence-corrected chi connectivity index (χ4v) is 4.47. The highest BCUT2D eigenvalue weighted by molar-refractivity contribution is 5.77. The van der Waals surface area contributed by atoms with Crippen LogP contribution in [0.25, 0.3) is 0 Å². The summed E-state index contributed by atoms with van der Waals surface area (Å²) in [5.41, 5.74) is 3.63. The molecule has 0 aliphatic carbocycles. The van der Waals surface area contributed by atoms with Crippen molar-refractivity contribution in [2.75, 3.05) is 31.1 Å². The predicted molar refractivity (Wildman–Crippen MR) is 101 cm³/mol. The number of likely N-dealkylation sites (tertiary alicyclic amines) is 1. The molecule has 2 fully saturated rings. The van der Waals surface area contributed by atoms with Crippen LogP contribution in [0.2, 0.25) is 0 Å². The minimum absolute atomic E-state index is 0.220. The standard InChI is InChI=1S/C20H27N5O/c1-16-11-18(4-8-22-16)24-9-2-6-20(13-24)7-3-19(26)25(14-20)10-5-17-12-21-15-23-17/h4,8,11-12,15H,2-3,5-7,9-10,13-14H2,1H3,(H,21,23). The van der Waals surface area contributed by atoms with E-state index in [2.05, 4.69) is 36.9 Å². The lowest BCUT2D eigenvalue weighted by molar-refractivity contribution is -0.137. The van der Waals surface area contributed by atoms with Gasteiger partial charge in [0.25, 0.3) is 0 Å². The van der Waals surface area contributed by atoms with Gasteiger partial charge in [-0.1, -0.05) is 0 Å². The second-order valence-corrected chi connectivity index (χ2v) is 7.82. The first-order valence-corrected chi connectivity index (χ1v) is 9.56. The summed E-state index contributed by atoms with van der Waals surface area (Å²) in [6.07, 6.45) is 10.4. The Bertz CT molecular complexity index is 759. The number of aromatic nitrogens is 3. The molecule has 138 valence electrons. The van der Waals surface area contributed by atoms with Crippen LogP contribution in [0.15, 0.2) is 30.9 Å². The molecule has 0 bridgehead atoms. The minimum Gasteiger partial charge on any atom is -0.371 e. The van der Waals surface area contributed by atoms with E-state index >= 15 is 0 Å². The summed E-state index contributed by atoms with van der Waals surface area (Å²) in [6, 6.07) is 4.28. The number of nitrogens with zero attached hydrogens (tertiary/aromatic N) is 4. The number of imidazole rings is 1. The van der Waals surface area contributed by atoms with Gasteiger partial charge in [0.2, 0.25) is 5.91 Å². The van der Waals surface area contributed by atoms with Gasteiger partial charge in [0.05, 0.1) is 6.33 Å². The summed E-state index contributed by atoms with van der Waals surface area (Å²) in [6.45, 7) is 5.81. The number of H-pyrrole nitrogens is 1. The van der Waals surface area contributed by atoms with E-state index in [4.69, 9.17) is 0 Å². The van der Waals surface area contributed by atoms with Gasteiger partial charge in [-0.2, -0.15) is 0 Å². The third-order valence-corrected chi connectivity index (χ3v) is 5.86. The highest BCUT2D eigenvalue weighted by Crippen LogP contribution is 2.40. The van der Waals surface area contributed by atoms with E-state index in [0.29, 0.717) is 12.3 Å². The topological polar surface area (TPSA) is 65.1 Å². The van der Waals surface area contributed by atoms with Crippen molar-refractivity contribution in [2.24, 2.45) is 5.41 Å². The van der Waals surface area contributed by atoms with Gasteiger partial charge in [0, 0.05) is 73.9 Å². The van der Waals surface area contributed by atoms with Crippen molar-refractivity contribution in [3.8, 4) is 0 Å². The number of carbonyl (C=O) groups excluding carboxylic acids is 1. The summed E-state index contributed by atoms with van der Waals surface area (Å²) in [7, 11) is 0. The van der Waals surface area contributed by atoms with Gasteiger partial charge in [-0.3, -0.25) is 9.78 Å². The van der Waals surface area contributed by atoms with Crippen molar-refractivity contribution in [1.29, 1.82) is 0 Å². The Balaban J connectivity index is 1.45. The van der Waals surface area contributed by atoms with Crippen LogP contribution >= 0.6 is 0 Å². The van der Waals surface area contributed by atoms with Crippen LogP contribution in [-0.2, 0) is 11.2 Å². The average molecular weight is 353 g/mol. The molecule has 0 saturated carbocycles. The first-order chi connectivity index (χ1) is 12.6. The van der Waals surface area contributed by atoms with Crippen LogP contribution in [0.5, 0.6) is 0 Å². The van der Waals surface area contributed by atoms with E-state index in [-0.39, 0.29) is 5.41 Å². The molecule has 2 aliphatic rings. The summed E-state index contributed by atoms with van der Waals surface area (Å²) in [5, 5.41) is 0. The number of anilines is 1. The molecule has 4 rings (SSSR count). The van der Waals surface area contributed by atoms with Crippen LogP contribution in [-0.4, -0.2) is 51.9 Å². The molecule has 2 aliphatic heterocycles. The molecule has 1 atom stereocenters. The Kier molecular flexibility index (Phi) is 4.66. The fraction of sp³-hybridized carbons (Fsp3) is 0.550. The van der Waals surface area contributed by atoms with E-state index < -0.39 is 0 Å². The monoisotopic (exact) mass is 353 g/mol. The summed E-state index contributed by atoms with van der Waals surface area (Å²) in [5.74, 6) is 0.298. The largest absolute Gasteiger partial charge is 0.371 e. The molecule has 2 aromatic heterocycles. The smallest absolute Gasteiger partial charge is 0.222 e. The Labute approximate surface area is 154 Å². The van der Waals surface area contributed by atoms with Crippen LogP contribution in [0, 0.1) is 12.3 Å². The zero-order chi connectivity index (χ0) is 18.0. The number of amides is 1. The van der Waals surface area contributed by atoms with Crippen LogP contribution < -0.4 is 4.90 Å². The Hall–Kier alpha value is -2.37. The summed E-state index contributed by atoms with van der Waals surface area (Å²) >= 11 is 0. The SMILES string of the molecule is Cc1cc(N2CCCC3(CCC(=O)N(CCc4cnc[nH]4)C3)C2)ccn1. The van der Waals surface area contributed by atoms with Gasteiger partial charge in [-0.05, 0) is 38.3 Å². The summed E-state index contributed by atoms with van der Waals surface area (Å²) < 4.78 is 0. The number of hydrogen-bond donors (Lipinski definition) is 1. The highest BCUT2D eigenvalue weighted by Gasteiger charge is 2.41. The maximum absolute atomic E-state index is 12.5. The molecular formula is C20H27N5O. The quantitative estimate of drug-likeness (QED) is 0.917. The van der Waals surface area contributed by atoms with Gasteiger partial charge >= 0.3 is 0 Å². The normalized spacial score (nSPS) is 23.7. The maximum atomic E-state index is 12.5. The first kappa shape index (κ1) is 17.1. The van der Waals surface area contributed by atoms with Crippen LogP contribution in [0.1, 0.15) is 37.1 Å². The second kappa shape index (κ2) is 7.09. The zero-order valence-electron chi connectivity index (χ0n) is 15.4. The molecule has 0 aromatic carbocycles. The third kappa shape index (κ3) is 3.59. The molecule has 6 heteroatoms. The molecule has 0 radical (unpaired) electrons. The maximum Gasteiger partial charge on any atom is 0.222 e. The number of pyridine rings is 1. The van der Waals surface area contributed by atoms with E-state index in [0.717, 1.165) is 50.4 Å². The zero-order valence-corrected chi connectivity index (χ0v) is 15.4. The molecule has 1 N–H and O–H groups in total. The van der Waals surface area contributed by atoms with Gasteiger partial charge < -0.3 is 14.8 Å². The van der Waals surface area contributed by atoms with Crippen molar-refractivity contribution in [2.45, 2.75) is 39.0 Å². The number of nitrogens with one attached hydrogen (secondary N) is 1. The number of aryl methyl sites for hydroxylation is 1. The van der Waals surface area contributed by atoms with Crippen LogP contribution in [0.3, 0.4) is 0 Å². The number of piperidine rings is 2. The highest BCUT2D eigenvalue weighted by atomic mass is 16.2. The van der Waals surface area contributed by atoms with Crippen LogP contribution in [0.4, 0.5) is 5.69 Å². The molecule has 2 saturated heterocycles. The molecule has 1 spiro atoms. The van der Waals surface area contributed by atoms with E-state index in [9.17, 15) is 4.79 Å². The fourth-order valence-electron chi connectivity index (χ4n) is 4.47. The van der Waals surface area contributed by atoms with Gasteiger partial charge in [0.15, 0.2) is 0 Å². The van der Waals surface area contributed by atoms with E-state index in [1.54, 1.807) is 6.33 Å². The molecule has 1 unspecified atom stereocenters. The molecule has 1 amide bonds. The summed E-state index contributed by atoms with van der Waals surface area (Å²) in [4.78, 5) is 28.5. The average Bonchev–Trinajstić information content (AvgIpc) is 3.17. The number of carbonyl (C=O) groups is 1. The number of hydrogen-bond acceptors (Lipinski definition) is 4. The molecular weight excluding hydrogens is 326 g/mol. The number of aromatic amines is 1. The lowest BCUT2D eigenvalue weighted by atomic mass is 9.73. The second-order valence-electron chi connectivity index (χ2n) is 7.82. The third-order valence-electron chi connectivity index (χ3n) is 5.86. The molecule has 26 heavy (non-hydrogen) atoms. The number of rotatable bonds is 4. The molecule has 6 nitrogen and oxygen atoms in total. The van der Waals surface area contributed by atoms with E-state index in [1.165, 1.54) is 18.5 Å². The lowest BCUT2D eigenvalue weighted by Crippen LogP contribution is -2.54. The van der Waals surface area contributed by atoms with Gasteiger partial charge in [0.1, 0.15) is 0 Å². The van der Waals surface area contributed by atoms with Gasteiger partial charge in [-0.15, -0.1) is 0 Å². The minimum atomic E-state index is 0.220. The van der Waals surface area contributed by atoms with Crippen molar-refractivity contribution >= 4 is 11.6 Å². The molecule has 2 aromatic rings. The molecule has 4 heterocycles. The van der Waals surface area contributed by atoms with Crippen molar-refractivity contribution < 1.29 is 4.79 Å². The van der Waals surface area contributed by atoms with Crippen molar-refractivity contribution in [1.82, 2.24) is 19.9 Å². The Morgan fingerprint density at radius 1 is 1.31 bits per heavy atom. The predicted octanol–water partition coefficient (Wildman–Crippen LogP) is 2.56. The first-order valence-electron chi connectivity index (χ1n) is 9.56. The Morgan fingerprint density at radius 3 is 3.04 bits per heavy atom. The van der Waals surface area contributed by atoms with E-state index in [1.807, 2.05) is 19.3 Å².